The minimum Gasteiger partial charge on any atom is -0.462 e. The first-order valence-electron chi connectivity index (χ1n) is 8.44. The number of ether oxygens (including phenoxy) is 1. The van der Waals surface area contributed by atoms with Crippen molar-refractivity contribution in [2.24, 2.45) is 0 Å². The molecule has 1 unspecified atom stereocenters. The van der Waals surface area contributed by atoms with Gasteiger partial charge in [0.05, 0.1) is 24.8 Å². The van der Waals surface area contributed by atoms with Crippen molar-refractivity contribution in [3.05, 3.63) is 65.5 Å². The summed E-state index contributed by atoms with van der Waals surface area (Å²) in [6.45, 7) is 4.08. The maximum absolute atomic E-state index is 13.0. The molecular formula is C20H23FN2O3. The van der Waals surface area contributed by atoms with Crippen LogP contribution in [0, 0.1) is 5.82 Å². The largest absolute Gasteiger partial charge is 0.462 e. The molecule has 1 amide bonds. The molecule has 0 aliphatic heterocycles. The van der Waals surface area contributed by atoms with Gasteiger partial charge in [-0.05, 0) is 55.8 Å². The summed E-state index contributed by atoms with van der Waals surface area (Å²) in [5.41, 5.74) is 2.06. The van der Waals surface area contributed by atoms with Crippen molar-refractivity contribution in [1.29, 1.82) is 0 Å². The van der Waals surface area contributed by atoms with E-state index in [0.717, 1.165) is 11.3 Å². The smallest absolute Gasteiger partial charge is 0.338 e. The molecular weight excluding hydrogens is 335 g/mol. The van der Waals surface area contributed by atoms with Crippen molar-refractivity contribution in [2.45, 2.75) is 19.9 Å². The van der Waals surface area contributed by atoms with Gasteiger partial charge in [-0.1, -0.05) is 12.1 Å². The molecule has 26 heavy (non-hydrogen) atoms. The molecule has 2 aromatic rings. The molecule has 0 aromatic heterocycles. The average Bonchev–Trinajstić information content (AvgIpc) is 2.66. The summed E-state index contributed by atoms with van der Waals surface area (Å²) in [6, 6.07) is 12.7. The molecule has 138 valence electrons. The molecule has 2 rings (SSSR count). The van der Waals surface area contributed by atoms with E-state index in [0.29, 0.717) is 12.2 Å². The van der Waals surface area contributed by atoms with Gasteiger partial charge >= 0.3 is 5.97 Å². The highest BCUT2D eigenvalue weighted by Gasteiger charge is 2.17. The molecule has 0 fully saturated rings. The maximum atomic E-state index is 13.0. The Labute approximate surface area is 152 Å². The van der Waals surface area contributed by atoms with E-state index >= 15 is 0 Å². The van der Waals surface area contributed by atoms with Gasteiger partial charge in [-0.3, -0.25) is 4.79 Å². The third kappa shape index (κ3) is 5.05. The van der Waals surface area contributed by atoms with Gasteiger partial charge in [0.1, 0.15) is 5.82 Å². The van der Waals surface area contributed by atoms with Gasteiger partial charge in [-0.15, -0.1) is 0 Å². The van der Waals surface area contributed by atoms with Gasteiger partial charge in [0.2, 0.25) is 5.91 Å². The van der Waals surface area contributed by atoms with Crippen LogP contribution >= 0.6 is 0 Å². The Bertz CT molecular complexity index is 745. The zero-order chi connectivity index (χ0) is 19.1. The van der Waals surface area contributed by atoms with Crippen molar-refractivity contribution >= 4 is 17.6 Å². The first-order chi connectivity index (χ1) is 12.4. The number of rotatable bonds is 7. The first kappa shape index (κ1) is 19.4. The van der Waals surface area contributed by atoms with Crippen LogP contribution in [0.3, 0.4) is 0 Å². The number of amides is 1. The lowest BCUT2D eigenvalue weighted by molar-refractivity contribution is -0.129. The minimum absolute atomic E-state index is 0.101. The highest BCUT2D eigenvalue weighted by atomic mass is 19.1. The summed E-state index contributed by atoms with van der Waals surface area (Å²) < 4.78 is 17.9. The zero-order valence-electron chi connectivity index (χ0n) is 15.2. The quantitative estimate of drug-likeness (QED) is 0.768. The van der Waals surface area contributed by atoms with Crippen LogP contribution in [-0.4, -0.2) is 37.0 Å². The highest BCUT2D eigenvalue weighted by molar-refractivity contribution is 5.90. The number of hydrogen-bond donors (Lipinski definition) is 1. The molecule has 0 aliphatic carbocycles. The van der Waals surface area contributed by atoms with Crippen LogP contribution in [0.2, 0.25) is 0 Å². The number of carbonyl (C=O) groups excluding carboxylic acids is 2. The lowest BCUT2D eigenvalue weighted by atomic mass is 10.1. The second kappa shape index (κ2) is 8.99. The Morgan fingerprint density at radius 3 is 2.31 bits per heavy atom. The van der Waals surface area contributed by atoms with E-state index in [9.17, 15) is 14.0 Å². The average molecular weight is 358 g/mol. The number of carbonyl (C=O) groups is 2. The maximum Gasteiger partial charge on any atom is 0.338 e. The molecule has 5 nitrogen and oxygen atoms in total. The zero-order valence-corrected chi connectivity index (χ0v) is 15.2. The van der Waals surface area contributed by atoms with Crippen LogP contribution in [-0.2, 0) is 9.53 Å². The minimum atomic E-state index is -0.372. The Kier molecular flexibility index (Phi) is 6.72. The monoisotopic (exact) mass is 358 g/mol. The lowest BCUT2D eigenvalue weighted by Crippen LogP contribution is -2.34. The topological polar surface area (TPSA) is 58.6 Å². The molecule has 0 saturated heterocycles. The van der Waals surface area contributed by atoms with Crippen molar-refractivity contribution in [2.75, 3.05) is 25.5 Å². The number of halogens is 1. The Balaban J connectivity index is 1.91. The van der Waals surface area contributed by atoms with Gasteiger partial charge in [0.25, 0.3) is 0 Å². The molecule has 1 atom stereocenters. The van der Waals surface area contributed by atoms with Crippen LogP contribution in [0.1, 0.15) is 35.8 Å². The second-order valence-electron chi connectivity index (χ2n) is 5.88. The van der Waals surface area contributed by atoms with Crippen LogP contribution in [0.4, 0.5) is 10.1 Å². The van der Waals surface area contributed by atoms with E-state index in [-0.39, 0.29) is 30.3 Å². The van der Waals surface area contributed by atoms with E-state index in [2.05, 4.69) is 5.32 Å². The van der Waals surface area contributed by atoms with Crippen LogP contribution in [0.15, 0.2) is 48.5 Å². The molecule has 0 aliphatic rings. The molecule has 0 spiro atoms. The van der Waals surface area contributed by atoms with Crippen molar-refractivity contribution in [3.63, 3.8) is 0 Å². The van der Waals surface area contributed by atoms with Gasteiger partial charge in [0.15, 0.2) is 0 Å². The summed E-state index contributed by atoms with van der Waals surface area (Å²) >= 11 is 0. The summed E-state index contributed by atoms with van der Waals surface area (Å²) in [4.78, 5) is 25.6. The Hall–Kier alpha value is -2.89. The fourth-order valence-corrected chi connectivity index (χ4v) is 2.42. The van der Waals surface area contributed by atoms with E-state index in [4.69, 9.17) is 4.74 Å². The molecule has 0 bridgehead atoms. The second-order valence-corrected chi connectivity index (χ2v) is 5.88. The summed E-state index contributed by atoms with van der Waals surface area (Å²) in [6.07, 6.45) is 0. The van der Waals surface area contributed by atoms with E-state index < -0.39 is 0 Å². The van der Waals surface area contributed by atoms with Gasteiger partial charge in [-0.2, -0.15) is 0 Å². The van der Waals surface area contributed by atoms with E-state index in [1.165, 1.54) is 12.1 Å². The van der Waals surface area contributed by atoms with Crippen molar-refractivity contribution in [1.82, 2.24) is 4.90 Å². The third-order valence-electron chi connectivity index (χ3n) is 4.17. The molecule has 6 heteroatoms. The lowest BCUT2D eigenvalue weighted by Gasteiger charge is -2.25. The van der Waals surface area contributed by atoms with Crippen LogP contribution < -0.4 is 5.32 Å². The standard InChI is InChI=1S/C20H23FN2O3/c1-4-26-20(25)16-7-11-18(12-8-16)22-13-19(24)23(3)14(2)15-5-9-17(21)10-6-15/h5-12,14,22H,4,13H2,1-3H3. The van der Waals surface area contributed by atoms with Gasteiger partial charge in [-0.25, -0.2) is 9.18 Å². The summed E-state index contributed by atoms with van der Waals surface area (Å²) in [7, 11) is 1.71. The molecule has 0 radical (unpaired) electrons. The number of nitrogens with zero attached hydrogens (tertiary/aromatic N) is 1. The van der Waals surface area contributed by atoms with Gasteiger partial charge in [0, 0.05) is 12.7 Å². The fraction of sp³-hybridized carbons (Fsp3) is 0.300. The van der Waals surface area contributed by atoms with E-state index in [1.54, 1.807) is 55.3 Å². The molecule has 0 heterocycles. The summed E-state index contributed by atoms with van der Waals surface area (Å²) in [5.74, 6) is -0.776. The van der Waals surface area contributed by atoms with Crippen molar-refractivity contribution in [3.8, 4) is 0 Å². The number of hydrogen-bond acceptors (Lipinski definition) is 4. The third-order valence-corrected chi connectivity index (χ3v) is 4.17. The van der Waals surface area contributed by atoms with Gasteiger partial charge < -0.3 is 15.0 Å². The predicted molar refractivity (Wildman–Crippen MR) is 98.5 cm³/mol. The highest BCUT2D eigenvalue weighted by Crippen LogP contribution is 2.19. The molecule has 0 saturated carbocycles. The Morgan fingerprint density at radius 2 is 1.73 bits per heavy atom. The predicted octanol–water partition coefficient (Wildman–Crippen LogP) is 3.63. The number of esters is 1. The normalized spacial score (nSPS) is 11.5. The van der Waals surface area contributed by atoms with Crippen LogP contribution in [0.5, 0.6) is 0 Å². The summed E-state index contributed by atoms with van der Waals surface area (Å²) in [5, 5.41) is 3.04. The number of benzene rings is 2. The first-order valence-corrected chi connectivity index (χ1v) is 8.44. The van der Waals surface area contributed by atoms with Crippen molar-refractivity contribution < 1.29 is 18.7 Å². The van der Waals surface area contributed by atoms with E-state index in [1.807, 2.05) is 6.92 Å². The number of anilines is 1. The molecule has 2 aromatic carbocycles. The van der Waals surface area contributed by atoms with Crippen LogP contribution in [0.25, 0.3) is 0 Å². The molecule has 1 N–H and O–H groups in total. The number of nitrogens with one attached hydrogen (secondary N) is 1. The Morgan fingerprint density at radius 1 is 1.12 bits per heavy atom. The fourth-order valence-electron chi connectivity index (χ4n) is 2.42. The number of likely N-dealkylation sites (N-methyl/N-ethyl adjacent to an activating group) is 1. The SMILES string of the molecule is CCOC(=O)c1ccc(NCC(=O)N(C)C(C)c2ccc(F)cc2)cc1.